The molecule has 0 saturated heterocycles. The van der Waals surface area contributed by atoms with Gasteiger partial charge < -0.3 is 11.1 Å². The molecule has 0 aliphatic rings. The molecule has 0 atom stereocenters. The summed E-state index contributed by atoms with van der Waals surface area (Å²) in [4.78, 5) is 12.0. The van der Waals surface area contributed by atoms with Gasteiger partial charge in [0.15, 0.2) is 0 Å². The van der Waals surface area contributed by atoms with Crippen LogP contribution in [0.4, 0.5) is 5.00 Å². The molecule has 6 heteroatoms. The molecule has 1 heterocycles. The molecule has 1 aromatic rings. The van der Waals surface area contributed by atoms with E-state index in [1.165, 1.54) is 6.20 Å². The molecular formula is C9H16N4OS. The van der Waals surface area contributed by atoms with Gasteiger partial charge >= 0.3 is 0 Å². The van der Waals surface area contributed by atoms with Crippen molar-refractivity contribution in [3.63, 3.8) is 0 Å². The van der Waals surface area contributed by atoms with Crippen LogP contribution in [0.1, 0.15) is 26.7 Å². The van der Waals surface area contributed by atoms with E-state index < -0.39 is 5.41 Å². The Hall–Kier alpha value is -1.01. The Labute approximate surface area is 93.2 Å². The number of amides is 1. The first-order valence-corrected chi connectivity index (χ1v) is 5.74. The largest absolute Gasteiger partial charge is 0.329 e. The number of hydrogen-bond donors (Lipinski definition) is 2. The zero-order chi connectivity index (χ0) is 11.3. The first-order chi connectivity index (χ1) is 7.18. The molecule has 0 aliphatic carbocycles. The van der Waals surface area contributed by atoms with Gasteiger partial charge in [-0.3, -0.25) is 4.79 Å². The lowest BCUT2D eigenvalue weighted by Gasteiger charge is -2.27. The highest BCUT2D eigenvalue weighted by molar-refractivity contribution is 7.10. The molecule has 1 rings (SSSR count). The van der Waals surface area contributed by atoms with Gasteiger partial charge in [-0.25, -0.2) is 0 Å². The van der Waals surface area contributed by atoms with Gasteiger partial charge in [-0.2, -0.15) is 0 Å². The van der Waals surface area contributed by atoms with Crippen molar-refractivity contribution in [2.75, 3.05) is 11.9 Å². The lowest BCUT2D eigenvalue weighted by molar-refractivity contribution is -0.125. The molecule has 15 heavy (non-hydrogen) atoms. The van der Waals surface area contributed by atoms with Crippen LogP contribution in [0.25, 0.3) is 0 Å². The smallest absolute Gasteiger partial charge is 0.232 e. The monoisotopic (exact) mass is 228 g/mol. The maximum atomic E-state index is 12.0. The van der Waals surface area contributed by atoms with Crippen LogP contribution in [0.5, 0.6) is 0 Å². The Morgan fingerprint density at radius 1 is 1.60 bits per heavy atom. The summed E-state index contributed by atoms with van der Waals surface area (Å²) < 4.78 is 3.68. The molecule has 0 aliphatic heterocycles. The van der Waals surface area contributed by atoms with Crippen molar-refractivity contribution in [3.8, 4) is 0 Å². The zero-order valence-corrected chi connectivity index (χ0v) is 9.80. The fraction of sp³-hybridized carbons (Fsp3) is 0.667. The Bertz CT molecular complexity index is 300. The Morgan fingerprint density at radius 2 is 2.27 bits per heavy atom. The molecule has 0 spiro atoms. The maximum absolute atomic E-state index is 12.0. The van der Waals surface area contributed by atoms with Crippen molar-refractivity contribution in [1.29, 1.82) is 0 Å². The van der Waals surface area contributed by atoms with Crippen LogP contribution in [0.3, 0.4) is 0 Å². The number of anilines is 1. The number of rotatable bonds is 5. The van der Waals surface area contributed by atoms with E-state index in [4.69, 9.17) is 5.73 Å². The van der Waals surface area contributed by atoms with Crippen molar-refractivity contribution < 1.29 is 4.79 Å². The molecule has 84 valence electrons. The number of nitrogens with zero attached hydrogens (tertiary/aromatic N) is 2. The average molecular weight is 228 g/mol. The van der Waals surface area contributed by atoms with E-state index in [9.17, 15) is 4.79 Å². The Balaban J connectivity index is 2.73. The maximum Gasteiger partial charge on any atom is 0.232 e. The molecule has 0 bridgehead atoms. The predicted molar refractivity (Wildman–Crippen MR) is 60.6 cm³/mol. The first-order valence-electron chi connectivity index (χ1n) is 4.97. The summed E-state index contributed by atoms with van der Waals surface area (Å²) in [6.07, 6.45) is 3.01. The minimum Gasteiger partial charge on any atom is -0.329 e. The standard InChI is InChI=1S/C9H16N4OS/c1-3-9(4-2,6-10)8(14)12-7-5-11-13-15-7/h5H,3-4,6,10H2,1-2H3,(H,12,14). The molecule has 0 fully saturated rings. The van der Waals surface area contributed by atoms with E-state index in [1.807, 2.05) is 13.8 Å². The Morgan fingerprint density at radius 3 is 2.67 bits per heavy atom. The number of nitrogens with one attached hydrogen (secondary N) is 1. The van der Waals surface area contributed by atoms with Crippen molar-refractivity contribution in [2.24, 2.45) is 11.1 Å². The van der Waals surface area contributed by atoms with E-state index in [-0.39, 0.29) is 5.91 Å². The highest BCUT2D eigenvalue weighted by Gasteiger charge is 2.33. The van der Waals surface area contributed by atoms with Crippen LogP contribution in [-0.4, -0.2) is 22.0 Å². The van der Waals surface area contributed by atoms with E-state index in [0.717, 1.165) is 24.4 Å². The van der Waals surface area contributed by atoms with E-state index >= 15 is 0 Å². The average Bonchev–Trinajstić information content (AvgIpc) is 2.74. The molecule has 0 radical (unpaired) electrons. The molecule has 1 amide bonds. The second-order valence-corrected chi connectivity index (χ2v) is 4.21. The van der Waals surface area contributed by atoms with Crippen molar-refractivity contribution in [2.45, 2.75) is 26.7 Å². The Kier molecular flexibility index (Phi) is 4.16. The third-order valence-corrected chi connectivity index (χ3v) is 3.40. The summed E-state index contributed by atoms with van der Waals surface area (Å²) >= 11 is 1.16. The molecule has 3 N–H and O–H groups in total. The molecule has 1 aromatic heterocycles. The van der Waals surface area contributed by atoms with E-state index in [2.05, 4.69) is 14.9 Å². The van der Waals surface area contributed by atoms with Crippen molar-refractivity contribution in [3.05, 3.63) is 6.20 Å². The zero-order valence-electron chi connectivity index (χ0n) is 8.99. The lowest BCUT2D eigenvalue weighted by Crippen LogP contribution is -2.41. The van der Waals surface area contributed by atoms with Crippen molar-refractivity contribution in [1.82, 2.24) is 9.59 Å². The van der Waals surface area contributed by atoms with Gasteiger partial charge in [0.1, 0.15) is 5.00 Å². The molecular weight excluding hydrogens is 212 g/mol. The van der Waals surface area contributed by atoms with Gasteiger partial charge in [0, 0.05) is 18.1 Å². The van der Waals surface area contributed by atoms with Gasteiger partial charge in [0.05, 0.1) is 11.6 Å². The summed E-state index contributed by atoms with van der Waals surface area (Å²) in [6.45, 7) is 4.31. The van der Waals surface area contributed by atoms with Gasteiger partial charge in [-0.1, -0.05) is 18.3 Å². The number of nitrogens with two attached hydrogens (primary N) is 1. The van der Waals surface area contributed by atoms with Crippen LogP contribution < -0.4 is 11.1 Å². The van der Waals surface area contributed by atoms with Gasteiger partial charge in [0.2, 0.25) is 5.91 Å². The quantitative estimate of drug-likeness (QED) is 0.794. The third kappa shape index (κ3) is 2.51. The van der Waals surface area contributed by atoms with Crippen LogP contribution in [-0.2, 0) is 4.79 Å². The molecule has 0 unspecified atom stereocenters. The van der Waals surface area contributed by atoms with Crippen LogP contribution in [0, 0.1) is 5.41 Å². The minimum atomic E-state index is -0.468. The van der Waals surface area contributed by atoms with Gasteiger partial charge in [0.25, 0.3) is 0 Å². The number of hydrogen-bond acceptors (Lipinski definition) is 5. The van der Waals surface area contributed by atoms with Crippen LogP contribution >= 0.6 is 11.5 Å². The highest BCUT2D eigenvalue weighted by Crippen LogP contribution is 2.27. The third-order valence-electron chi connectivity index (χ3n) is 2.82. The lowest BCUT2D eigenvalue weighted by atomic mass is 9.81. The predicted octanol–water partition coefficient (Wildman–Crippen LogP) is 1.24. The number of carbonyl (C=O) groups is 1. The van der Waals surface area contributed by atoms with Crippen LogP contribution in [0.15, 0.2) is 6.20 Å². The van der Waals surface area contributed by atoms with Crippen molar-refractivity contribution >= 4 is 22.4 Å². The van der Waals surface area contributed by atoms with E-state index in [1.54, 1.807) is 0 Å². The normalized spacial score (nSPS) is 11.4. The summed E-state index contributed by atoms with van der Waals surface area (Å²) in [6, 6.07) is 0. The van der Waals surface area contributed by atoms with Gasteiger partial charge in [-0.15, -0.1) is 5.10 Å². The summed E-state index contributed by atoms with van der Waals surface area (Å²) in [5, 5.41) is 7.11. The highest BCUT2D eigenvalue weighted by atomic mass is 32.1. The minimum absolute atomic E-state index is 0.0407. The second kappa shape index (κ2) is 5.18. The fourth-order valence-electron chi connectivity index (χ4n) is 1.42. The second-order valence-electron chi connectivity index (χ2n) is 3.43. The SMILES string of the molecule is CCC(CC)(CN)C(=O)Nc1cnns1. The number of carbonyl (C=O) groups excluding carboxylic acids is 1. The van der Waals surface area contributed by atoms with Gasteiger partial charge in [-0.05, 0) is 12.8 Å². The topological polar surface area (TPSA) is 80.9 Å². The molecule has 0 aromatic carbocycles. The van der Waals surface area contributed by atoms with Crippen LogP contribution in [0.2, 0.25) is 0 Å². The molecule has 0 saturated carbocycles. The summed E-state index contributed by atoms with van der Waals surface area (Å²) in [7, 11) is 0. The first kappa shape index (κ1) is 12.1. The van der Waals surface area contributed by atoms with E-state index in [0.29, 0.717) is 11.5 Å². The number of aromatic nitrogens is 2. The summed E-state index contributed by atoms with van der Waals surface area (Å²) in [5.74, 6) is -0.0407. The molecule has 5 nitrogen and oxygen atoms in total. The fourth-order valence-corrected chi connectivity index (χ4v) is 1.83. The summed E-state index contributed by atoms with van der Waals surface area (Å²) in [5.41, 5.74) is 5.20.